The molecule has 5 nitrogen and oxygen atoms in total. The van der Waals surface area contributed by atoms with Gasteiger partial charge in [-0.15, -0.1) is 0 Å². The van der Waals surface area contributed by atoms with Crippen molar-refractivity contribution in [2.45, 2.75) is 13.0 Å². The zero-order valence-corrected chi connectivity index (χ0v) is 9.03. The lowest BCUT2D eigenvalue weighted by molar-refractivity contribution is 0.837. The third-order valence-electron chi connectivity index (χ3n) is 1.91. The molecule has 2 rings (SSSR count). The Morgan fingerprint density at radius 3 is 2.93 bits per heavy atom. The van der Waals surface area contributed by atoms with E-state index in [4.69, 9.17) is 5.73 Å². The number of nitrogens with one attached hydrogen (secondary N) is 1. The predicted molar refractivity (Wildman–Crippen MR) is 60.6 cm³/mol. The van der Waals surface area contributed by atoms with E-state index in [0.717, 1.165) is 5.69 Å². The van der Waals surface area contributed by atoms with E-state index < -0.39 is 0 Å². The zero-order chi connectivity index (χ0) is 10.7. The molecule has 0 aliphatic heterocycles. The first-order valence-corrected chi connectivity index (χ1v) is 5.29. The van der Waals surface area contributed by atoms with Gasteiger partial charge in [-0.1, -0.05) is 6.07 Å². The van der Waals surface area contributed by atoms with E-state index in [2.05, 4.69) is 19.7 Å². The molecule has 6 heteroatoms. The van der Waals surface area contributed by atoms with Crippen LogP contribution in [0.1, 0.15) is 18.7 Å². The van der Waals surface area contributed by atoms with Gasteiger partial charge in [-0.05, 0) is 19.1 Å². The molecule has 1 unspecified atom stereocenters. The predicted octanol–water partition coefficient (Wildman–Crippen LogP) is 1.69. The van der Waals surface area contributed by atoms with Gasteiger partial charge < -0.3 is 11.1 Å². The van der Waals surface area contributed by atoms with Crippen molar-refractivity contribution in [3.63, 3.8) is 0 Å². The Hall–Kier alpha value is -1.69. The van der Waals surface area contributed by atoms with Crippen molar-refractivity contribution in [3.05, 3.63) is 30.1 Å². The van der Waals surface area contributed by atoms with Crippen molar-refractivity contribution in [2.24, 2.45) is 0 Å². The first-order valence-electron chi connectivity index (χ1n) is 4.52. The molecule has 2 heterocycles. The molecule has 2 aromatic rings. The van der Waals surface area contributed by atoms with Crippen LogP contribution < -0.4 is 11.1 Å². The zero-order valence-electron chi connectivity index (χ0n) is 8.21. The number of hydrogen-bond donors (Lipinski definition) is 2. The maximum atomic E-state index is 5.43. The van der Waals surface area contributed by atoms with Crippen LogP contribution >= 0.6 is 11.5 Å². The molecular formula is C9H11N5S. The minimum atomic E-state index is 0.0959. The third-order valence-corrected chi connectivity index (χ3v) is 2.57. The summed E-state index contributed by atoms with van der Waals surface area (Å²) in [4.78, 5) is 8.27. The quantitative estimate of drug-likeness (QED) is 0.824. The number of anilines is 2. The van der Waals surface area contributed by atoms with E-state index in [1.807, 2.05) is 25.1 Å². The highest BCUT2D eigenvalue weighted by atomic mass is 32.1. The number of rotatable bonds is 3. The van der Waals surface area contributed by atoms with E-state index in [1.165, 1.54) is 11.5 Å². The molecule has 0 saturated heterocycles. The highest BCUT2D eigenvalue weighted by Gasteiger charge is 2.08. The molecule has 0 bridgehead atoms. The second kappa shape index (κ2) is 4.22. The van der Waals surface area contributed by atoms with Crippen LogP contribution in [0, 0.1) is 0 Å². The number of aromatic nitrogens is 3. The Morgan fingerprint density at radius 1 is 1.47 bits per heavy atom. The Morgan fingerprint density at radius 2 is 2.33 bits per heavy atom. The maximum Gasteiger partial charge on any atom is 0.233 e. The molecule has 1 atom stereocenters. The normalized spacial score (nSPS) is 12.3. The third kappa shape index (κ3) is 2.41. The summed E-state index contributed by atoms with van der Waals surface area (Å²) in [6, 6.07) is 5.90. The van der Waals surface area contributed by atoms with Gasteiger partial charge in [0.1, 0.15) is 0 Å². The topological polar surface area (TPSA) is 76.7 Å². The van der Waals surface area contributed by atoms with Crippen LogP contribution in [0.25, 0.3) is 0 Å². The largest absolute Gasteiger partial charge is 0.367 e. The summed E-state index contributed by atoms with van der Waals surface area (Å²) in [6.45, 7) is 2.01. The highest BCUT2D eigenvalue weighted by Crippen LogP contribution is 2.19. The summed E-state index contributed by atoms with van der Waals surface area (Å²) in [5, 5.41) is 3.89. The van der Waals surface area contributed by atoms with Gasteiger partial charge in [0.05, 0.1) is 11.7 Å². The molecule has 0 saturated carbocycles. The molecule has 78 valence electrons. The Labute approximate surface area is 91.5 Å². The molecule has 15 heavy (non-hydrogen) atoms. The summed E-state index contributed by atoms with van der Waals surface area (Å²) in [6.07, 6.45) is 1.77. The fraction of sp³-hybridized carbons (Fsp3) is 0.222. The molecule has 0 spiro atoms. The SMILES string of the molecule is CC(Nc1nc(N)ns1)c1ccccn1. The van der Waals surface area contributed by atoms with Gasteiger partial charge in [0.15, 0.2) is 0 Å². The molecule has 2 aromatic heterocycles. The lowest BCUT2D eigenvalue weighted by Gasteiger charge is -2.10. The van der Waals surface area contributed by atoms with Gasteiger partial charge >= 0.3 is 0 Å². The summed E-state index contributed by atoms with van der Waals surface area (Å²) in [5.74, 6) is 0.302. The average Bonchev–Trinajstić information content (AvgIpc) is 2.65. The second-order valence-electron chi connectivity index (χ2n) is 3.08. The van der Waals surface area contributed by atoms with E-state index in [-0.39, 0.29) is 6.04 Å². The molecule has 0 fully saturated rings. The fourth-order valence-electron chi connectivity index (χ4n) is 1.18. The van der Waals surface area contributed by atoms with Crippen LogP contribution in [-0.4, -0.2) is 14.3 Å². The standard InChI is InChI=1S/C9H11N5S/c1-6(7-4-2-3-5-11-7)12-9-13-8(10)14-15-9/h2-6H,1H3,(H3,10,12,13,14). The van der Waals surface area contributed by atoms with Gasteiger partial charge in [0.2, 0.25) is 11.1 Å². The second-order valence-corrected chi connectivity index (χ2v) is 3.83. The van der Waals surface area contributed by atoms with E-state index in [9.17, 15) is 0 Å². The number of pyridine rings is 1. The van der Waals surface area contributed by atoms with Crippen LogP contribution in [0.2, 0.25) is 0 Å². The van der Waals surface area contributed by atoms with E-state index >= 15 is 0 Å². The van der Waals surface area contributed by atoms with Crippen molar-refractivity contribution in [2.75, 3.05) is 11.1 Å². The molecule has 0 amide bonds. The van der Waals surface area contributed by atoms with Crippen LogP contribution in [0.15, 0.2) is 24.4 Å². The molecule has 3 N–H and O–H groups in total. The maximum absolute atomic E-state index is 5.43. The van der Waals surface area contributed by atoms with Crippen molar-refractivity contribution < 1.29 is 0 Å². The van der Waals surface area contributed by atoms with Gasteiger partial charge in [0, 0.05) is 17.7 Å². The lowest BCUT2D eigenvalue weighted by Crippen LogP contribution is -2.07. The fourth-order valence-corrected chi connectivity index (χ4v) is 1.77. The van der Waals surface area contributed by atoms with E-state index in [0.29, 0.717) is 11.1 Å². The van der Waals surface area contributed by atoms with Crippen molar-refractivity contribution in [3.8, 4) is 0 Å². The molecule has 0 aliphatic rings. The van der Waals surface area contributed by atoms with Crippen LogP contribution in [0.4, 0.5) is 11.1 Å². The minimum absolute atomic E-state index is 0.0959. The first kappa shape index (κ1) is 9.85. The summed E-state index contributed by atoms with van der Waals surface area (Å²) in [7, 11) is 0. The van der Waals surface area contributed by atoms with Gasteiger partial charge in [0.25, 0.3) is 0 Å². The molecule has 0 aromatic carbocycles. The number of nitrogens with zero attached hydrogens (tertiary/aromatic N) is 3. The Kier molecular flexibility index (Phi) is 2.77. The highest BCUT2D eigenvalue weighted by molar-refractivity contribution is 7.09. The molecule has 0 aliphatic carbocycles. The van der Waals surface area contributed by atoms with Crippen molar-refractivity contribution >= 4 is 22.6 Å². The number of nitrogens with two attached hydrogens (primary N) is 1. The van der Waals surface area contributed by atoms with E-state index in [1.54, 1.807) is 6.20 Å². The van der Waals surface area contributed by atoms with Gasteiger partial charge in [-0.3, -0.25) is 4.98 Å². The van der Waals surface area contributed by atoms with Gasteiger partial charge in [-0.25, -0.2) is 0 Å². The average molecular weight is 221 g/mol. The van der Waals surface area contributed by atoms with Crippen LogP contribution in [-0.2, 0) is 0 Å². The van der Waals surface area contributed by atoms with Crippen LogP contribution in [0.3, 0.4) is 0 Å². The van der Waals surface area contributed by atoms with Crippen molar-refractivity contribution in [1.29, 1.82) is 0 Å². The molecular weight excluding hydrogens is 210 g/mol. The lowest BCUT2D eigenvalue weighted by atomic mass is 10.2. The summed E-state index contributed by atoms with van der Waals surface area (Å²) in [5.41, 5.74) is 6.39. The summed E-state index contributed by atoms with van der Waals surface area (Å²) < 4.78 is 3.89. The Balaban J connectivity index is 2.07. The smallest absolute Gasteiger partial charge is 0.233 e. The van der Waals surface area contributed by atoms with Crippen LogP contribution in [0.5, 0.6) is 0 Å². The minimum Gasteiger partial charge on any atom is -0.367 e. The van der Waals surface area contributed by atoms with Gasteiger partial charge in [-0.2, -0.15) is 9.36 Å². The van der Waals surface area contributed by atoms with Crippen molar-refractivity contribution in [1.82, 2.24) is 14.3 Å². The Bertz CT molecular complexity index is 427. The monoisotopic (exact) mass is 221 g/mol. The first-order chi connectivity index (χ1) is 7.25. The molecule has 0 radical (unpaired) electrons. The number of nitrogen functional groups attached to an aromatic ring is 1. The summed E-state index contributed by atoms with van der Waals surface area (Å²) >= 11 is 1.25. The number of hydrogen-bond acceptors (Lipinski definition) is 6.